The molecule has 1 heterocycles. The second-order valence-corrected chi connectivity index (χ2v) is 6.66. The van der Waals surface area contributed by atoms with Crippen LogP contribution in [0.25, 0.3) is 0 Å². The summed E-state index contributed by atoms with van der Waals surface area (Å²) < 4.78 is 28.9. The lowest BCUT2D eigenvalue weighted by Gasteiger charge is -2.10. The van der Waals surface area contributed by atoms with Gasteiger partial charge >= 0.3 is 0 Å². The van der Waals surface area contributed by atoms with Gasteiger partial charge in [0.05, 0.1) is 17.1 Å². The average molecular weight is 308 g/mol. The minimum atomic E-state index is -3.53. The van der Waals surface area contributed by atoms with Gasteiger partial charge in [-0.05, 0) is 43.3 Å². The molecule has 0 amide bonds. The summed E-state index contributed by atoms with van der Waals surface area (Å²) in [5, 5.41) is 7.05. The molecule has 0 aliphatic carbocycles. The summed E-state index contributed by atoms with van der Waals surface area (Å²) in [5.74, 6) is 0. The normalized spacial score (nSPS) is 11.8. The van der Waals surface area contributed by atoms with Crippen LogP contribution >= 0.6 is 0 Å². The highest BCUT2D eigenvalue weighted by molar-refractivity contribution is 7.89. The van der Waals surface area contributed by atoms with Gasteiger partial charge in [-0.2, -0.15) is 5.10 Å². The molecule has 0 bridgehead atoms. The van der Waals surface area contributed by atoms with E-state index in [2.05, 4.69) is 15.1 Å². The van der Waals surface area contributed by atoms with Gasteiger partial charge in [0.15, 0.2) is 0 Å². The Balaban J connectivity index is 2.19. The van der Waals surface area contributed by atoms with E-state index >= 15 is 0 Å². The van der Waals surface area contributed by atoms with Gasteiger partial charge in [0, 0.05) is 19.8 Å². The van der Waals surface area contributed by atoms with Crippen LogP contribution in [0.2, 0.25) is 0 Å². The van der Waals surface area contributed by atoms with Crippen LogP contribution in [0.4, 0.5) is 0 Å². The lowest BCUT2D eigenvalue weighted by molar-refractivity contribution is 0.577. The second kappa shape index (κ2) is 6.38. The molecule has 2 aromatic rings. The molecule has 0 unspecified atom stereocenters. The van der Waals surface area contributed by atoms with Gasteiger partial charge in [0.25, 0.3) is 0 Å². The number of benzene rings is 1. The fourth-order valence-corrected chi connectivity index (χ4v) is 3.07. The van der Waals surface area contributed by atoms with Gasteiger partial charge in [-0.3, -0.25) is 4.68 Å². The van der Waals surface area contributed by atoms with Gasteiger partial charge in [0.2, 0.25) is 10.0 Å². The van der Waals surface area contributed by atoms with Crippen LogP contribution in [0.1, 0.15) is 16.8 Å². The molecule has 2 rings (SSSR count). The van der Waals surface area contributed by atoms with E-state index in [1.807, 2.05) is 20.0 Å². The van der Waals surface area contributed by atoms with Crippen molar-refractivity contribution < 1.29 is 8.42 Å². The first-order valence-corrected chi connectivity index (χ1v) is 8.13. The highest BCUT2D eigenvalue weighted by Gasteiger charge is 2.15. The van der Waals surface area contributed by atoms with Crippen molar-refractivity contribution in [3.8, 4) is 0 Å². The number of hydrogen-bond donors (Lipinski definition) is 2. The zero-order chi connectivity index (χ0) is 15.5. The Hall–Kier alpha value is -1.70. The van der Waals surface area contributed by atoms with E-state index in [0.717, 1.165) is 16.8 Å². The highest BCUT2D eigenvalue weighted by atomic mass is 32.2. The van der Waals surface area contributed by atoms with E-state index in [-0.39, 0.29) is 11.4 Å². The SMILES string of the molecule is CNCc1cc(S(=O)(=O)NCc2ccnn2C)ccc1C. The summed E-state index contributed by atoms with van der Waals surface area (Å²) in [4.78, 5) is 0.278. The molecule has 0 saturated heterocycles. The fourth-order valence-electron chi connectivity index (χ4n) is 2.02. The number of rotatable bonds is 6. The summed E-state index contributed by atoms with van der Waals surface area (Å²) in [6, 6.07) is 6.94. The largest absolute Gasteiger partial charge is 0.316 e. The van der Waals surface area contributed by atoms with E-state index < -0.39 is 10.0 Å². The summed E-state index contributed by atoms with van der Waals surface area (Å²) in [7, 11) is 0.0833. The molecule has 21 heavy (non-hydrogen) atoms. The van der Waals surface area contributed by atoms with Crippen molar-refractivity contribution in [1.29, 1.82) is 0 Å². The fraction of sp³-hybridized carbons (Fsp3) is 0.357. The van der Waals surface area contributed by atoms with E-state index in [0.29, 0.717) is 6.54 Å². The Bertz CT molecular complexity index is 722. The van der Waals surface area contributed by atoms with Crippen LogP contribution in [0.15, 0.2) is 35.4 Å². The molecule has 0 spiro atoms. The van der Waals surface area contributed by atoms with E-state index in [9.17, 15) is 8.42 Å². The van der Waals surface area contributed by atoms with Crippen molar-refractivity contribution >= 4 is 10.0 Å². The lowest BCUT2D eigenvalue weighted by Crippen LogP contribution is -2.24. The van der Waals surface area contributed by atoms with Crippen molar-refractivity contribution in [2.75, 3.05) is 7.05 Å². The van der Waals surface area contributed by atoms with Crippen molar-refractivity contribution in [3.05, 3.63) is 47.3 Å². The van der Waals surface area contributed by atoms with Crippen LogP contribution in [0.3, 0.4) is 0 Å². The predicted molar refractivity (Wildman–Crippen MR) is 81.2 cm³/mol. The molecular formula is C14H20N4O2S. The average Bonchev–Trinajstić information content (AvgIpc) is 2.85. The van der Waals surface area contributed by atoms with Crippen LogP contribution in [-0.2, 0) is 30.2 Å². The maximum Gasteiger partial charge on any atom is 0.240 e. The molecule has 2 N–H and O–H groups in total. The number of hydrogen-bond acceptors (Lipinski definition) is 4. The van der Waals surface area contributed by atoms with Crippen LogP contribution in [0, 0.1) is 6.92 Å². The Morgan fingerprint density at radius 2 is 2.00 bits per heavy atom. The number of aryl methyl sites for hydroxylation is 2. The zero-order valence-electron chi connectivity index (χ0n) is 12.4. The van der Waals surface area contributed by atoms with Gasteiger partial charge in [-0.1, -0.05) is 6.07 Å². The maximum atomic E-state index is 12.3. The van der Waals surface area contributed by atoms with E-state index in [4.69, 9.17) is 0 Å². The van der Waals surface area contributed by atoms with Gasteiger partial charge in [-0.15, -0.1) is 0 Å². The smallest absolute Gasteiger partial charge is 0.240 e. The number of nitrogens with zero attached hydrogens (tertiary/aromatic N) is 2. The molecule has 0 saturated carbocycles. The first-order chi connectivity index (χ1) is 9.94. The number of aromatic nitrogens is 2. The monoisotopic (exact) mass is 308 g/mol. The molecule has 0 atom stereocenters. The molecule has 0 radical (unpaired) electrons. The van der Waals surface area contributed by atoms with Gasteiger partial charge < -0.3 is 5.32 Å². The quantitative estimate of drug-likeness (QED) is 0.832. The van der Waals surface area contributed by atoms with Crippen LogP contribution < -0.4 is 10.0 Å². The van der Waals surface area contributed by atoms with E-state index in [1.54, 1.807) is 36.1 Å². The van der Waals surface area contributed by atoms with Crippen LogP contribution in [-0.4, -0.2) is 25.2 Å². The van der Waals surface area contributed by atoms with Crippen molar-refractivity contribution in [3.63, 3.8) is 0 Å². The zero-order valence-corrected chi connectivity index (χ0v) is 13.2. The molecule has 0 aliphatic heterocycles. The Morgan fingerprint density at radius 1 is 1.24 bits per heavy atom. The molecule has 0 fully saturated rings. The Kier molecular flexibility index (Phi) is 4.76. The predicted octanol–water partition coefficient (Wildman–Crippen LogP) is 0.926. The molecule has 1 aromatic heterocycles. The van der Waals surface area contributed by atoms with E-state index in [1.165, 1.54) is 0 Å². The molecule has 114 valence electrons. The van der Waals surface area contributed by atoms with Crippen LogP contribution in [0.5, 0.6) is 0 Å². The standard InChI is InChI=1S/C14H20N4O2S/c1-11-4-5-14(8-12(11)9-15-2)21(19,20)17-10-13-6-7-16-18(13)3/h4-8,15,17H,9-10H2,1-3H3. The third-order valence-electron chi connectivity index (χ3n) is 3.36. The number of sulfonamides is 1. The van der Waals surface area contributed by atoms with Crippen molar-refractivity contribution in [2.45, 2.75) is 24.9 Å². The minimum absolute atomic E-state index is 0.216. The summed E-state index contributed by atoms with van der Waals surface area (Å²) >= 11 is 0. The topological polar surface area (TPSA) is 76.0 Å². The van der Waals surface area contributed by atoms with Gasteiger partial charge in [-0.25, -0.2) is 13.1 Å². The Morgan fingerprint density at radius 3 is 2.62 bits per heavy atom. The molecule has 1 aromatic carbocycles. The molecule has 0 aliphatic rings. The second-order valence-electron chi connectivity index (χ2n) is 4.89. The molecule has 7 heteroatoms. The molecular weight excluding hydrogens is 288 g/mol. The molecule has 6 nitrogen and oxygen atoms in total. The van der Waals surface area contributed by atoms with Gasteiger partial charge in [0.1, 0.15) is 0 Å². The first-order valence-electron chi connectivity index (χ1n) is 6.64. The third-order valence-corrected chi connectivity index (χ3v) is 4.76. The van der Waals surface area contributed by atoms with Crippen molar-refractivity contribution in [1.82, 2.24) is 19.8 Å². The van der Waals surface area contributed by atoms with Crippen molar-refractivity contribution in [2.24, 2.45) is 7.05 Å². The lowest BCUT2D eigenvalue weighted by atomic mass is 10.1. The third kappa shape index (κ3) is 3.69. The highest BCUT2D eigenvalue weighted by Crippen LogP contribution is 2.16. The maximum absolute atomic E-state index is 12.3. The first kappa shape index (κ1) is 15.7. The number of nitrogens with one attached hydrogen (secondary N) is 2. The minimum Gasteiger partial charge on any atom is -0.316 e. The summed E-state index contributed by atoms with van der Waals surface area (Å²) in [6.07, 6.45) is 1.64. The Labute approximate surface area is 125 Å². The summed E-state index contributed by atoms with van der Waals surface area (Å²) in [6.45, 7) is 2.82. The summed E-state index contributed by atoms with van der Waals surface area (Å²) in [5.41, 5.74) is 2.84.